The molecule has 1 aliphatic heterocycles. The molecule has 0 unspecified atom stereocenters. The van der Waals surface area contributed by atoms with E-state index in [0.29, 0.717) is 5.92 Å². The smallest absolute Gasteiger partial charge is 0.508 e. The number of hydrogen-bond donors (Lipinski definition) is 1. The van der Waals surface area contributed by atoms with Gasteiger partial charge in [0.2, 0.25) is 0 Å². The Bertz CT molecular complexity index is 982. The summed E-state index contributed by atoms with van der Waals surface area (Å²) in [5, 5.41) is 10.5. The second kappa shape index (κ2) is 7.81. The topological polar surface area (TPSA) is 45.6 Å². The molecule has 4 nitrogen and oxygen atoms in total. The van der Waals surface area contributed by atoms with Crippen LogP contribution in [-0.2, 0) is 6.42 Å². The molecular weight excluding hydrogens is 381 g/mol. The molecule has 7 heteroatoms. The number of aromatic nitrogens is 1. The lowest BCUT2D eigenvalue weighted by atomic mass is 9.90. The van der Waals surface area contributed by atoms with E-state index >= 15 is 0 Å². The van der Waals surface area contributed by atoms with Crippen LogP contribution in [0.2, 0.25) is 0 Å². The zero-order valence-corrected chi connectivity index (χ0v) is 15.7. The van der Waals surface area contributed by atoms with E-state index in [-0.39, 0.29) is 11.5 Å². The van der Waals surface area contributed by atoms with E-state index < -0.39 is 6.36 Å². The lowest BCUT2D eigenvalue weighted by Crippen LogP contribution is -2.34. The fraction of sp³-hybridized carbons (Fsp3) is 0.318. The average Bonchev–Trinajstić information content (AvgIpc) is 2.69. The number of pyridine rings is 1. The maximum Gasteiger partial charge on any atom is 0.573 e. The van der Waals surface area contributed by atoms with Gasteiger partial charge in [-0.3, -0.25) is 0 Å². The summed E-state index contributed by atoms with van der Waals surface area (Å²) in [5.74, 6) is 1.45. The second-order valence-corrected chi connectivity index (χ2v) is 7.37. The molecule has 152 valence electrons. The first-order chi connectivity index (χ1) is 13.9. The second-order valence-electron chi connectivity index (χ2n) is 7.37. The fourth-order valence-electron chi connectivity index (χ4n) is 3.81. The standard InChI is InChI=1S/C22H21F3N2O2/c23-22(24,25)29-19-5-1-15(2-6-19)13-16-9-11-27(12-10-16)21-8-3-17-14-18(28)4-7-20(17)26-21/h1-8,14,16,28H,9-13H2. The quantitative estimate of drug-likeness (QED) is 0.643. The number of rotatable bonds is 4. The van der Waals surface area contributed by atoms with Gasteiger partial charge in [0.1, 0.15) is 17.3 Å². The highest BCUT2D eigenvalue weighted by atomic mass is 19.4. The van der Waals surface area contributed by atoms with Crippen LogP contribution in [-0.4, -0.2) is 29.5 Å². The molecule has 0 atom stereocenters. The van der Waals surface area contributed by atoms with Crippen molar-refractivity contribution in [1.82, 2.24) is 4.98 Å². The van der Waals surface area contributed by atoms with E-state index in [1.54, 1.807) is 24.3 Å². The molecule has 1 fully saturated rings. The van der Waals surface area contributed by atoms with Gasteiger partial charge in [-0.25, -0.2) is 4.98 Å². The van der Waals surface area contributed by atoms with Crippen molar-refractivity contribution in [1.29, 1.82) is 0 Å². The molecule has 3 aromatic rings. The number of alkyl halides is 3. The van der Waals surface area contributed by atoms with E-state index in [9.17, 15) is 18.3 Å². The highest BCUT2D eigenvalue weighted by Gasteiger charge is 2.31. The summed E-state index contributed by atoms with van der Waals surface area (Å²) in [6.07, 6.45) is -1.83. The van der Waals surface area contributed by atoms with Crippen LogP contribution in [0.4, 0.5) is 19.0 Å². The number of benzene rings is 2. The predicted molar refractivity (Wildman–Crippen MR) is 105 cm³/mol. The summed E-state index contributed by atoms with van der Waals surface area (Å²) in [6.45, 7) is 1.77. The Morgan fingerprint density at radius 2 is 1.72 bits per heavy atom. The molecule has 1 saturated heterocycles. The zero-order chi connectivity index (χ0) is 20.4. The van der Waals surface area contributed by atoms with Crippen LogP contribution < -0.4 is 9.64 Å². The van der Waals surface area contributed by atoms with Crippen LogP contribution in [0.5, 0.6) is 11.5 Å². The Labute approximate surface area is 166 Å². The molecular formula is C22H21F3N2O2. The van der Waals surface area contributed by atoms with E-state index in [0.717, 1.165) is 54.6 Å². The van der Waals surface area contributed by atoms with Crippen molar-refractivity contribution in [2.45, 2.75) is 25.6 Å². The number of phenolic OH excluding ortho intramolecular Hbond substituents is 1. The molecule has 1 N–H and O–H groups in total. The minimum Gasteiger partial charge on any atom is -0.508 e. The molecule has 2 heterocycles. The Kier molecular flexibility index (Phi) is 5.22. The number of anilines is 1. The van der Waals surface area contributed by atoms with Crippen molar-refractivity contribution in [2.75, 3.05) is 18.0 Å². The van der Waals surface area contributed by atoms with Crippen LogP contribution in [0.3, 0.4) is 0 Å². The predicted octanol–water partition coefficient (Wildman–Crippen LogP) is 5.30. The number of halogens is 3. The van der Waals surface area contributed by atoms with Gasteiger partial charge in [0, 0.05) is 18.5 Å². The SMILES string of the molecule is Oc1ccc2nc(N3CCC(Cc4ccc(OC(F)(F)F)cc4)CC3)ccc2c1. The monoisotopic (exact) mass is 402 g/mol. The molecule has 0 spiro atoms. The Morgan fingerprint density at radius 1 is 1.00 bits per heavy atom. The van der Waals surface area contributed by atoms with Gasteiger partial charge in [-0.2, -0.15) is 0 Å². The first kappa shape index (κ1) is 19.4. The van der Waals surface area contributed by atoms with Crippen LogP contribution in [0, 0.1) is 5.92 Å². The summed E-state index contributed by atoms with van der Waals surface area (Å²) >= 11 is 0. The van der Waals surface area contributed by atoms with E-state index in [4.69, 9.17) is 4.98 Å². The van der Waals surface area contributed by atoms with Crippen LogP contribution >= 0.6 is 0 Å². The van der Waals surface area contributed by atoms with E-state index in [1.165, 1.54) is 12.1 Å². The van der Waals surface area contributed by atoms with Gasteiger partial charge in [0.25, 0.3) is 0 Å². The third-order valence-corrected chi connectivity index (χ3v) is 5.28. The van der Waals surface area contributed by atoms with Crippen molar-refractivity contribution >= 4 is 16.7 Å². The number of fused-ring (bicyclic) bond motifs is 1. The highest BCUT2D eigenvalue weighted by Crippen LogP contribution is 2.28. The number of phenols is 1. The van der Waals surface area contributed by atoms with E-state index in [2.05, 4.69) is 9.64 Å². The maximum absolute atomic E-state index is 12.3. The number of piperidine rings is 1. The van der Waals surface area contributed by atoms with Gasteiger partial charge in [0.05, 0.1) is 5.52 Å². The minimum atomic E-state index is -4.66. The van der Waals surface area contributed by atoms with Gasteiger partial charge >= 0.3 is 6.36 Å². The molecule has 0 bridgehead atoms. The molecule has 29 heavy (non-hydrogen) atoms. The fourth-order valence-corrected chi connectivity index (χ4v) is 3.81. The van der Waals surface area contributed by atoms with Crippen molar-refractivity contribution in [2.24, 2.45) is 5.92 Å². The van der Waals surface area contributed by atoms with Gasteiger partial charge in [0.15, 0.2) is 0 Å². The third-order valence-electron chi connectivity index (χ3n) is 5.28. The first-order valence-corrected chi connectivity index (χ1v) is 9.55. The molecule has 2 aromatic carbocycles. The van der Waals surface area contributed by atoms with Crippen molar-refractivity contribution in [3.8, 4) is 11.5 Å². The Morgan fingerprint density at radius 3 is 2.41 bits per heavy atom. The van der Waals surface area contributed by atoms with Gasteiger partial charge in [-0.05, 0) is 73.2 Å². The van der Waals surface area contributed by atoms with Crippen molar-refractivity contribution in [3.05, 3.63) is 60.2 Å². The number of hydrogen-bond acceptors (Lipinski definition) is 4. The zero-order valence-electron chi connectivity index (χ0n) is 15.7. The summed E-state index contributed by atoms with van der Waals surface area (Å²) in [7, 11) is 0. The molecule has 1 aromatic heterocycles. The molecule has 1 aliphatic rings. The molecule has 0 amide bonds. The molecule has 0 saturated carbocycles. The maximum atomic E-state index is 12.3. The van der Waals surface area contributed by atoms with Crippen molar-refractivity contribution in [3.63, 3.8) is 0 Å². The highest BCUT2D eigenvalue weighted by molar-refractivity contribution is 5.81. The molecule has 0 radical (unpaired) electrons. The van der Waals surface area contributed by atoms with Crippen LogP contribution in [0.25, 0.3) is 10.9 Å². The number of nitrogens with zero attached hydrogens (tertiary/aromatic N) is 2. The largest absolute Gasteiger partial charge is 0.573 e. The summed E-state index contributed by atoms with van der Waals surface area (Å²) in [5.41, 5.74) is 1.87. The Balaban J connectivity index is 1.34. The number of aromatic hydroxyl groups is 1. The number of ether oxygens (including phenoxy) is 1. The van der Waals surface area contributed by atoms with Gasteiger partial charge < -0.3 is 14.7 Å². The molecule has 0 aliphatic carbocycles. The van der Waals surface area contributed by atoms with Crippen LogP contribution in [0.15, 0.2) is 54.6 Å². The average molecular weight is 402 g/mol. The molecule has 4 rings (SSSR count). The summed E-state index contributed by atoms with van der Waals surface area (Å²) in [6, 6.07) is 15.2. The summed E-state index contributed by atoms with van der Waals surface area (Å²) < 4.78 is 40.7. The Hall–Kier alpha value is -2.96. The van der Waals surface area contributed by atoms with Gasteiger partial charge in [-0.15, -0.1) is 13.2 Å². The third kappa shape index (κ3) is 4.91. The van der Waals surface area contributed by atoms with E-state index in [1.807, 2.05) is 18.2 Å². The minimum absolute atomic E-state index is 0.188. The summed E-state index contributed by atoms with van der Waals surface area (Å²) in [4.78, 5) is 6.95. The van der Waals surface area contributed by atoms with Crippen molar-refractivity contribution < 1.29 is 23.0 Å². The normalized spacial score (nSPS) is 15.6. The first-order valence-electron chi connectivity index (χ1n) is 9.55. The lowest BCUT2D eigenvalue weighted by Gasteiger charge is -2.33. The van der Waals surface area contributed by atoms with Crippen LogP contribution in [0.1, 0.15) is 18.4 Å². The lowest BCUT2D eigenvalue weighted by molar-refractivity contribution is -0.274. The van der Waals surface area contributed by atoms with Gasteiger partial charge in [-0.1, -0.05) is 12.1 Å².